The summed E-state index contributed by atoms with van der Waals surface area (Å²) in [5.41, 5.74) is -0.944. The summed E-state index contributed by atoms with van der Waals surface area (Å²) in [6, 6.07) is 20.8. The van der Waals surface area contributed by atoms with E-state index in [1.54, 1.807) is 30.3 Å². The Labute approximate surface area is 178 Å². The Kier molecular flexibility index (Phi) is 5.72. The first-order chi connectivity index (χ1) is 14.9. The van der Waals surface area contributed by atoms with E-state index in [4.69, 9.17) is 9.47 Å². The second-order valence-corrected chi connectivity index (χ2v) is 7.58. The zero-order valence-electron chi connectivity index (χ0n) is 16.7. The molecule has 0 radical (unpaired) electrons. The van der Waals surface area contributed by atoms with Crippen LogP contribution >= 0.6 is 0 Å². The van der Waals surface area contributed by atoms with Crippen molar-refractivity contribution in [1.82, 2.24) is 0 Å². The van der Waals surface area contributed by atoms with Crippen LogP contribution in [0.25, 0.3) is 0 Å². The Morgan fingerprint density at radius 2 is 1.45 bits per heavy atom. The SMILES string of the molecule is O=C(Oc1ccccc1)c1ccc(C(F)(F)F)c(OC2(c3ccccc3)CCCC2)c1. The van der Waals surface area contributed by atoms with Crippen LogP contribution in [0.5, 0.6) is 11.5 Å². The summed E-state index contributed by atoms with van der Waals surface area (Å²) in [5, 5.41) is 0. The Morgan fingerprint density at radius 1 is 0.839 bits per heavy atom. The van der Waals surface area contributed by atoms with E-state index in [2.05, 4.69) is 0 Å². The number of esters is 1. The maximum atomic E-state index is 13.7. The molecule has 1 saturated carbocycles. The van der Waals surface area contributed by atoms with Crippen LogP contribution in [0.2, 0.25) is 0 Å². The summed E-state index contributed by atoms with van der Waals surface area (Å²) in [4.78, 5) is 12.6. The smallest absolute Gasteiger partial charge is 0.419 e. The number of para-hydroxylation sites is 1. The third-order valence-corrected chi connectivity index (χ3v) is 5.49. The van der Waals surface area contributed by atoms with Gasteiger partial charge in [-0.3, -0.25) is 0 Å². The number of carbonyl (C=O) groups excluding carboxylic acids is 1. The molecule has 4 rings (SSSR count). The maximum Gasteiger partial charge on any atom is 0.419 e. The van der Waals surface area contributed by atoms with Crippen molar-refractivity contribution in [1.29, 1.82) is 0 Å². The first kappa shape index (κ1) is 21.0. The predicted molar refractivity (Wildman–Crippen MR) is 110 cm³/mol. The van der Waals surface area contributed by atoms with Gasteiger partial charge in [-0.2, -0.15) is 13.2 Å². The minimum absolute atomic E-state index is 0.00642. The number of ether oxygens (including phenoxy) is 2. The van der Waals surface area contributed by atoms with Crippen molar-refractivity contribution in [2.45, 2.75) is 37.5 Å². The molecule has 1 fully saturated rings. The molecule has 3 aromatic rings. The fraction of sp³-hybridized carbons (Fsp3) is 0.240. The minimum atomic E-state index is -4.62. The topological polar surface area (TPSA) is 35.5 Å². The molecular weight excluding hydrogens is 405 g/mol. The molecule has 31 heavy (non-hydrogen) atoms. The lowest BCUT2D eigenvalue weighted by Gasteiger charge is -2.32. The lowest BCUT2D eigenvalue weighted by Crippen LogP contribution is -2.30. The van der Waals surface area contributed by atoms with Gasteiger partial charge in [0.2, 0.25) is 0 Å². The van der Waals surface area contributed by atoms with Gasteiger partial charge < -0.3 is 9.47 Å². The second kappa shape index (κ2) is 8.46. The molecule has 0 N–H and O–H groups in total. The van der Waals surface area contributed by atoms with Crippen molar-refractivity contribution in [3.63, 3.8) is 0 Å². The van der Waals surface area contributed by atoms with Crippen LogP contribution in [0.1, 0.15) is 47.2 Å². The van der Waals surface area contributed by atoms with Crippen LogP contribution in [-0.2, 0) is 11.8 Å². The highest BCUT2D eigenvalue weighted by Crippen LogP contribution is 2.46. The Bertz CT molecular complexity index is 1040. The third-order valence-electron chi connectivity index (χ3n) is 5.49. The Morgan fingerprint density at radius 3 is 2.06 bits per heavy atom. The predicted octanol–water partition coefficient (Wildman–Crippen LogP) is 6.77. The van der Waals surface area contributed by atoms with E-state index in [1.807, 2.05) is 30.3 Å². The maximum absolute atomic E-state index is 13.7. The Balaban J connectivity index is 1.71. The highest BCUT2D eigenvalue weighted by molar-refractivity contribution is 5.91. The molecule has 0 spiro atoms. The van der Waals surface area contributed by atoms with Gasteiger partial charge in [-0.05, 0) is 61.6 Å². The molecule has 0 aromatic heterocycles. The van der Waals surface area contributed by atoms with Gasteiger partial charge in [0.1, 0.15) is 17.1 Å². The van der Waals surface area contributed by atoms with Gasteiger partial charge in [0.15, 0.2) is 0 Å². The minimum Gasteiger partial charge on any atom is -0.482 e. The molecule has 3 nitrogen and oxygen atoms in total. The summed E-state index contributed by atoms with van der Waals surface area (Å²) in [6.07, 6.45) is -1.70. The molecule has 0 heterocycles. The molecule has 0 saturated heterocycles. The summed E-state index contributed by atoms with van der Waals surface area (Å²) >= 11 is 0. The van der Waals surface area contributed by atoms with Gasteiger partial charge in [-0.1, -0.05) is 48.5 Å². The average Bonchev–Trinajstić information content (AvgIpc) is 3.24. The van der Waals surface area contributed by atoms with Gasteiger partial charge >= 0.3 is 12.1 Å². The van der Waals surface area contributed by atoms with E-state index in [1.165, 1.54) is 0 Å². The first-order valence-corrected chi connectivity index (χ1v) is 10.1. The van der Waals surface area contributed by atoms with Crippen LogP contribution in [0.3, 0.4) is 0 Å². The zero-order valence-corrected chi connectivity index (χ0v) is 16.7. The van der Waals surface area contributed by atoms with Crippen molar-refractivity contribution in [3.8, 4) is 11.5 Å². The standard InChI is InChI=1S/C25H21F3O3/c26-25(27,28)21-14-13-18(23(29)30-20-11-5-2-6-12-20)17-22(21)31-24(15-7-8-16-24)19-9-3-1-4-10-19/h1-6,9-14,17H,7-8,15-16H2. The number of carbonyl (C=O) groups is 1. The number of hydrogen-bond acceptors (Lipinski definition) is 3. The highest BCUT2D eigenvalue weighted by Gasteiger charge is 2.41. The van der Waals surface area contributed by atoms with Crippen LogP contribution in [0, 0.1) is 0 Å². The van der Waals surface area contributed by atoms with E-state index in [9.17, 15) is 18.0 Å². The molecule has 0 unspecified atom stereocenters. The highest BCUT2D eigenvalue weighted by atomic mass is 19.4. The molecule has 160 valence electrons. The molecule has 0 aliphatic heterocycles. The van der Waals surface area contributed by atoms with E-state index >= 15 is 0 Å². The fourth-order valence-corrected chi connectivity index (χ4v) is 3.97. The van der Waals surface area contributed by atoms with Crippen LogP contribution in [-0.4, -0.2) is 5.97 Å². The normalized spacial score (nSPS) is 15.5. The van der Waals surface area contributed by atoms with Crippen LogP contribution < -0.4 is 9.47 Å². The molecular formula is C25H21F3O3. The number of alkyl halides is 3. The van der Waals surface area contributed by atoms with E-state index in [0.29, 0.717) is 18.6 Å². The molecule has 3 aromatic carbocycles. The molecule has 1 aliphatic carbocycles. The number of halogens is 3. The van der Waals surface area contributed by atoms with E-state index in [-0.39, 0.29) is 11.3 Å². The van der Waals surface area contributed by atoms with E-state index < -0.39 is 23.3 Å². The second-order valence-electron chi connectivity index (χ2n) is 7.58. The van der Waals surface area contributed by atoms with Crippen molar-refractivity contribution in [2.75, 3.05) is 0 Å². The molecule has 1 aliphatic rings. The molecule has 0 amide bonds. The first-order valence-electron chi connectivity index (χ1n) is 10.1. The third kappa shape index (κ3) is 4.58. The largest absolute Gasteiger partial charge is 0.482 e. The van der Waals surface area contributed by atoms with Crippen molar-refractivity contribution < 1.29 is 27.4 Å². The monoisotopic (exact) mass is 426 g/mol. The van der Waals surface area contributed by atoms with Gasteiger partial charge in [-0.25, -0.2) is 4.79 Å². The summed E-state index contributed by atoms with van der Waals surface area (Å²) < 4.78 is 52.6. The van der Waals surface area contributed by atoms with Crippen LogP contribution in [0.4, 0.5) is 13.2 Å². The molecule has 0 bridgehead atoms. The average molecular weight is 426 g/mol. The van der Waals surface area contributed by atoms with Gasteiger partial charge in [-0.15, -0.1) is 0 Å². The Hall–Kier alpha value is -3.28. The lowest BCUT2D eigenvalue weighted by atomic mass is 9.91. The van der Waals surface area contributed by atoms with Gasteiger partial charge in [0.05, 0.1) is 11.1 Å². The lowest BCUT2D eigenvalue weighted by molar-refractivity contribution is -0.140. The molecule has 0 atom stereocenters. The number of benzene rings is 3. The van der Waals surface area contributed by atoms with Crippen molar-refractivity contribution >= 4 is 5.97 Å². The zero-order chi connectivity index (χ0) is 21.9. The van der Waals surface area contributed by atoms with Gasteiger partial charge in [0.25, 0.3) is 0 Å². The van der Waals surface area contributed by atoms with Gasteiger partial charge in [0, 0.05) is 0 Å². The summed E-state index contributed by atoms with van der Waals surface area (Å²) in [7, 11) is 0. The molecule has 6 heteroatoms. The quantitative estimate of drug-likeness (QED) is 0.334. The number of rotatable bonds is 5. The fourth-order valence-electron chi connectivity index (χ4n) is 3.97. The van der Waals surface area contributed by atoms with Crippen LogP contribution in [0.15, 0.2) is 78.9 Å². The number of hydrogen-bond donors (Lipinski definition) is 0. The van der Waals surface area contributed by atoms with Crippen molar-refractivity contribution in [2.24, 2.45) is 0 Å². The summed E-state index contributed by atoms with van der Waals surface area (Å²) in [5.74, 6) is -0.794. The van der Waals surface area contributed by atoms with E-state index in [0.717, 1.165) is 36.6 Å². The van der Waals surface area contributed by atoms with Crippen molar-refractivity contribution in [3.05, 3.63) is 95.6 Å². The summed E-state index contributed by atoms with van der Waals surface area (Å²) in [6.45, 7) is 0.